The average Bonchev–Trinajstić information content (AvgIpc) is 2.26. The summed E-state index contributed by atoms with van der Waals surface area (Å²) in [6, 6.07) is 6.73. The van der Waals surface area contributed by atoms with Crippen LogP contribution in [0.1, 0.15) is 13.8 Å². The summed E-state index contributed by atoms with van der Waals surface area (Å²) in [5, 5.41) is 8.97. The number of benzene rings is 1. The van der Waals surface area contributed by atoms with Crippen molar-refractivity contribution in [1.82, 2.24) is 4.72 Å². The van der Waals surface area contributed by atoms with Crippen molar-refractivity contribution < 1.29 is 13.5 Å². The molecular weight excluding hydrogens is 264 g/mol. The molecule has 1 aliphatic heterocycles. The number of hydrogen-bond acceptors (Lipinski definition) is 4. The molecule has 6 heteroatoms. The monoisotopic (exact) mass is 284 g/mol. The smallest absolute Gasteiger partial charge is 0.240 e. The lowest BCUT2D eigenvalue weighted by Crippen LogP contribution is -2.48. The van der Waals surface area contributed by atoms with Crippen molar-refractivity contribution in [2.24, 2.45) is 5.92 Å². The Balaban J connectivity index is 2.07. The van der Waals surface area contributed by atoms with Gasteiger partial charge in [-0.15, -0.1) is 0 Å². The maximum atomic E-state index is 11.9. The van der Waals surface area contributed by atoms with E-state index in [-0.39, 0.29) is 17.5 Å². The van der Waals surface area contributed by atoms with Crippen LogP contribution >= 0.6 is 0 Å². The summed E-state index contributed by atoms with van der Waals surface area (Å²) in [5.41, 5.74) is 0.994. The average molecular weight is 284 g/mol. The Morgan fingerprint density at radius 1 is 1.32 bits per heavy atom. The summed E-state index contributed by atoms with van der Waals surface area (Å²) < 4.78 is 26.4. The van der Waals surface area contributed by atoms with Crippen LogP contribution in [0.5, 0.6) is 0 Å². The second kappa shape index (κ2) is 5.48. The largest absolute Gasteiger partial charge is 0.396 e. The van der Waals surface area contributed by atoms with Gasteiger partial charge in [0, 0.05) is 37.3 Å². The van der Waals surface area contributed by atoms with E-state index in [2.05, 4.69) is 9.62 Å². The third-order valence-electron chi connectivity index (χ3n) is 3.12. The third-order valence-corrected chi connectivity index (χ3v) is 4.79. The van der Waals surface area contributed by atoms with Crippen molar-refractivity contribution in [1.29, 1.82) is 0 Å². The topological polar surface area (TPSA) is 69.6 Å². The molecule has 1 saturated heterocycles. The van der Waals surface area contributed by atoms with E-state index in [0.717, 1.165) is 18.8 Å². The van der Waals surface area contributed by atoms with Gasteiger partial charge in [0.2, 0.25) is 10.0 Å². The third kappa shape index (κ3) is 3.26. The first-order valence-electron chi connectivity index (χ1n) is 6.40. The first kappa shape index (κ1) is 14.3. The lowest BCUT2D eigenvalue weighted by molar-refractivity contribution is 0.201. The highest BCUT2D eigenvalue weighted by Crippen LogP contribution is 2.25. The van der Waals surface area contributed by atoms with E-state index in [1.54, 1.807) is 26.0 Å². The molecule has 0 saturated carbocycles. The van der Waals surface area contributed by atoms with Gasteiger partial charge in [-0.3, -0.25) is 0 Å². The first-order chi connectivity index (χ1) is 8.92. The zero-order valence-corrected chi connectivity index (χ0v) is 12.0. The molecule has 0 aromatic heterocycles. The SMILES string of the molecule is CC(C)NS(=O)(=O)c1ccc(N2CC(CO)C2)cc1. The predicted octanol–water partition coefficient (Wildman–Crippen LogP) is 0.802. The fourth-order valence-corrected chi connectivity index (χ4v) is 3.36. The Labute approximate surface area is 114 Å². The van der Waals surface area contributed by atoms with Gasteiger partial charge in [-0.2, -0.15) is 0 Å². The van der Waals surface area contributed by atoms with Crippen LogP contribution in [-0.4, -0.2) is 39.3 Å². The van der Waals surface area contributed by atoms with Gasteiger partial charge in [0.25, 0.3) is 0 Å². The van der Waals surface area contributed by atoms with Gasteiger partial charge >= 0.3 is 0 Å². The summed E-state index contributed by atoms with van der Waals surface area (Å²) in [6.45, 7) is 5.45. The Morgan fingerprint density at radius 2 is 1.89 bits per heavy atom. The minimum atomic E-state index is -3.41. The summed E-state index contributed by atoms with van der Waals surface area (Å²) in [6.07, 6.45) is 0. The number of aliphatic hydroxyl groups excluding tert-OH is 1. The lowest BCUT2D eigenvalue weighted by Gasteiger charge is -2.40. The number of sulfonamides is 1. The molecule has 1 fully saturated rings. The van der Waals surface area contributed by atoms with Crippen LogP contribution in [0.4, 0.5) is 5.69 Å². The van der Waals surface area contributed by atoms with Gasteiger partial charge in [0.05, 0.1) is 4.90 Å². The predicted molar refractivity (Wildman–Crippen MR) is 74.7 cm³/mol. The fourth-order valence-electron chi connectivity index (χ4n) is 2.11. The number of anilines is 1. The zero-order chi connectivity index (χ0) is 14.0. The number of nitrogens with one attached hydrogen (secondary N) is 1. The van der Waals surface area contributed by atoms with E-state index >= 15 is 0 Å². The lowest BCUT2D eigenvalue weighted by atomic mass is 10.0. The first-order valence-corrected chi connectivity index (χ1v) is 7.89. The van der Waals surface area contributed by atoms with Gasteiger partial charge in [-0.25, -0.2) is 13.1 Å². The summed E-state index contributed by atoms with van der Waals surface area (Å²) in [7, 11) is -3.41. The van der Waals surface area contributed by atoms with Crippen molar-refractivity contribution in [2.75, 3.05) is 24.6 Å². The van der Waals surface area contributed by atoms with Crippen LogP contribution in [0.3, 0.4) is 0 Å². The normalized spacial score (nSPS) is 16.7. The molecule has 0 atom stereocenters. The highest BCUT2D eigenvalue weighted by atomic mass is 32.2. The zero-order valence-electron chi connectivity index (χ0n) is 11.2. The fraction of sp³-hybridized carbons (Fsp3) is 0.538. The van der Waals surface area contributed by atoms with E-state index in [1.165, 1.54) is 0 Å². The molecular formula is C13H20N2O3S. The Bertz CT molecular complexity index is 519. The summed E-state index contributed by atoms with van der Waals surface area (Å²) in [4.78, 5) is 2.40. The molecule has 106 valence electrons. The van der Waals surface area contributed by atoms with Crippen molar-refractivity contribution in [3.63, 3.8) is 0 Å². The maximum Gasteiger partial charge on any atom is 0.240 e. The quantitative estimate of drug-likeness (QED) is 0.839. The van der Waals surface area contributed by atoms with Gasteiger partial charge in [0.1, 0.15) is 0 Å². The van der Waals surface area contributed by atoms with Gasteiger partial charge in [0.15, 0.2) is 0 Å². The van der Waals surface area contributed by atoms with Gasteiger partial charge in [-0.1, -0.05) is 0 Å². The van der Waals surface area contributed by atoms with Crippen molar-refractivity contribution >= 4 is 15.7 Å². The van der Waals surface area contributed by atoms with Crippen LogP contribution in [0.2, 0.25) is 0 Å². The van der Waals surface area contributed by atoms with E-state index in [9.17, 15) is 8.42 Å². The maximum absolute atomic E-state index is 11.9. The second-order valence-electron chi connectivity index (χ2n) is 5.22. The molecule has 0 radical (unpaired) electrons. The van der Waals surface area contributed by atoms with E-state index in [4.69, 9.17) is 5.11 Å². The molecule has 1 aliphatic rings. The molecule has 0 unspecified atom stereocenters. The van der Waals surface area contributed by atoms with Gasteiger partial charge in [-0.05, 0) is 38.1 Å². The Hall–Kier alpha value is -1.11. The molecule has 0 amide bonds. The summed E-state index contributed by atoms with van der Waals surface area (Å²) >= 11 is 0. The molecule has 2 rings (SSSR count). The highest BCUT2D eigenvalue weighted by molar-refractivity contribution is 7.89. The Morgan fingerprint density at radius 3 is 2.37 bits per heavy atom. The van der Waals surface area contributed by atoms with Crippen LogP contribution < -0.4 is 9.62 Å². The molecule has 0 bridgehead atoms. The standard InChI is InChI=1S/C13H20N2O3S/c1-10(2)14-19(17,18)13-5-3-12(4-6-13)15-7-11(8-15)9-16/h3-6,10-11,14,16H,7-9H2,1-2H3. The molecule has 19 heavy (non-hydrogen) atoms. The molecule has 1 heterocycles. The van der Waals surface area contributed by atoms with Crippen molar-refractivity contribution in [3.05, 3.63) is 24.3 Å². The highest BCUT2D eigenvalue weighted by Gasteiger charge is 2.26. The van der Waals surface area contributed by atoms with Crippen LogP contribution in [0, 0.1) is 5.92 Å². The minimum Gasteiger partial charge on any atom is -0.396 e. The molecule has 0 aliphatic carbocycles. The molecule has 2 N–H and O–H groups in total. The van der Waals surface area contributed by atoms with E-state index in [0.29, 0.717) is 5.92 Å². The van der Waals surface area contributed by atoms with Crippen LogP contribution in [-0.2, 0) is 10.0 Å². The Kier molecular flexibility index (Phi) is 4.13. The number of rotatable bonds is 5. The van der Waals surface area contributed by atoms with Crippen LogP contribution in [0.25, 0.3) is 0 Å². The van der Waals surface area contributed by atoms with E-state index in [1.807, 2.05) is 12.1 Å². The minimum absolute atomic E-state index is 0.120. The number of hydrogen-bond donors (Lipinski definition) is 2. The molecule has 1 aromatic carbocycles. The molecule has 0 spiro atoms. The number of nitrogens with zero attached hydrogens (tertiary/aromatic N) is 1. The van der Waals surface area contributed by atoms with E-state index < -0.39 is 10.0 Å². The van der Waals surface area contributed by atoms with Crippen molar-refractivity contribution in [3.8, 4) is 0 Å². The van der Waals surface area contributed by atoms with Crippen molar-refractivity contribution in [2.45, 2.75) is 24.8 Å². The summed E-state index contributed by atoms with van der Waals surface area (Å²) in [5.74, 6) is 0.339. The molecule has 5 nitrogen and oxygen atoms in total. The number of aliphatic hydroxyl groups is 1. The second-order valence-corrected chi connectivity index (χ2v) is 6.94. The van der Waals surface area contributed by atoms with Gasteiger partial charge < -0.3 is 10.0 Å². The molecule has 1 aromatic rings. The van der Waals surface area contributed by atoms with Crippen LogP contribution in [0.15, 0.2) is 29.2 Å².